The summed E-state index contributed by atoms with van der Waals surface area (Å²) in [6, 6.07) is 7.72. The van der Waals surface area contributed by atoms with Crippen LogP contribution in [0.2, 0.25) is 0 Å². The van der Waals surface area contributed by atoms with E-state index in [4.69, 9.17) is 16.2 Å². The molecule has 0 atom stereocenters. The molecule has 0 heterocycles. The molecule has 0 radical (unpaired) electrons. The lowest BCUT2D eigenvalue weighted by molar-refractivity contribution is 0.104. The van der Waals surface area contributed by atoms with Gasteiger partial charge in [0.2, 0.25) is 5.85 Å². The van der Waals surface area contributed by atoms with Gasteiger partial charge in [-0.2, -0.15) is 0 Å². The summed E-state index contributed by atoms with van der Waals surface area (Å²) in [7, 11) is 0. The zero-order valence-electron chi connectivity index (χ0n) is 11.5. The number of allylic oxidation sites excluding steroid dienone is 4. The fraction of sp³-hybridized carbons (Fsp3) is 0.333. The van der Waals surface area contributed by atoms with Gasteiger partial charge in [0, 0.05) is 6.92 Å². The Balaban J connectivity index is 2.83. The maximum absolute atomic E-state index is 5.58. The molecule has 18 heavy (non-hydrogen) atoms. The molecule has 3 nitrogen and oxygen atoms in total. The van der Waals surface area contributed by atoms with Crippen LogP contribution in [-0.4, -0.2) is 5.85 Å². The first-order chi connectivity index (χ1) is 8.28. The highest BCUT2D eigenvalue weighted by molar-refractivity contribution is 5.65. The number of hydrogen-bond donors (Lipinski definition) is 2. The third-order valence-electron chi connectivity index (χ3n) is 2.31. The molecule has 98 valence electrons. The van der Waals surface area contributed by atoms with Gasteiger partial charge in [-0.25, -0.2) is 0 Å². The molecular formula is C15H22N2O. The lowest BCUT2D eigenvalue weighted by Crippen LogP contribution is -2.51. The van der Waals surface area contributed by atoms with Crippen LogP contribution in [-0.2, 0) is 0 Å². The second-order valence-corrected chi connectivity index (χ2v) is 4.90. The fourth-order valence-corrected chi connectivity index (χ4v) is 1.43. The Labute approximate surface area is 109 Å². The van der Waals surface area contributed by atoms with Crippen LogP contribution in [0.5, 0.6) is 5.75 Å². The first-order valence-electron chi connectivity index (χ1n) is 5.97. The average Bonchev–Trinajstić information content (AvgIpc) is 2.24. The highest BCUT2D eigenvalue weighted by Crippen LogP contribution is 2.19. The van der Waals surface area contributed by atoms with E-state index in [1.54, 1.807) is 6.92 Å². The molecule has 1 aromatic rings. The monoisotopic (exact) mass is 246 g/mol. The Morgan fingerprint density at radius 2 is 1.61 bits per heavy atom. The van der Waals surface area contributed by atoms with E-state index in [1.165, 1.54) is 11.1 Å². The molecule has 0 bridgehead atoms. The fourth-order valence-electron chi connectivity index (χ4n) is 1.43. The average molecular weight is 246 g/mol. The molecule has 1 rings (SSSR count). The Morgan fingerprint density at radius 1 is 1.06 bits per heavy atom. The summed E-state index contributed by atoms with van der Waals surface area (Å²) >= 11 is 0. The van der Waals surface area contributed by atoms with Gasteiger partial charge in [-0.05, 0) is 44.0 Å². The van der Waals surface area contributed by atoms with E-state index >= 15 is 0 Å². The first-order valence-corrected chi connectivity index (χ1v) is 5.97. The largest absolute Gasteiger partial charge is 0.460 e. The molecule has 0 amide bonds. The lowest BCUT2D eigenvalue weighted by Gasteiger charge is -2.20. The van der Waals surface area contributed by atoms with E-state index < -0.39 is 5.85 Å². The van der Waals surface area contributed by atoms with Crippen molar-refractivity contribution < 1.29 is 4.74 Å². The smallest absolute Gasteiger partial charge is 0.209 e. The van der Waals surface area contributed by atoms with Crippen molar-refractivity contribution in [1.29, 1.82) is 0 Å². The lowest BCUT2D eigenvalue weighted by atomic mass is 10.1. The summed E-state index contributed by atoms with van der Waals surface area (Å²) in [6.07, 6.45) is 4.19. The van der Waals surface area contributed by atoms with E-state index in [0.29, 0.717) is 5.75 Å². The van der Waals surface area contributed by atoms with E-state index in [0.717, 1.165) is 5.56 Å². The van der Waals surface area contributed by atoms with Crippen LogP contribution < -0.4 is 16.2 Å². The van der Waals surface area contributed by atoms with Crippen molar-refractivity contribution in [1.82, 2.24) is 0 Å². The van der Waals surface area contributed by atoms with Gasteiger partial charge in [0.15, 0.2) is 0 Å². The van der Waals surface area contributed by atoms with Crippen molar-refractivity contribution in [2.75, 3.05) is 0 Å². The van der Waals surface area contributed by atoms with Crippen molar-refractivity contribution in [3.05, 3.63) is 47.6 Å². The van der Waals surface area contributed by atoms with Crippen molar-refractivity contribution >= 4 is 5.57 Å². The molecule has 0 saturated heterocycles. The Hall–Kier alpha value is -1.58. The zero-order valence-corrected chi connectivity index (χ0v) is 11.5. The second kappa shape index (κ2) is 5.85. The van der Waals surface area contributed by atoms with Crippen LogP contribution in [0.3, 0.4) is 0 Å². The van der Waals surface area contributed by atoms with Gasteiger partial charge in [0.1, 0.15) is 5.75 Å². The van der Waals surface area contributed by atoms with Crippen LogP contribution in [0.4, 0.5) is 0 Å². The van der Waals surface area contributed by atoms with Crippen molar-refractivity contribution in [3.8, 4) is 5.75 Å². The summed E-state index contributed by atoms with van der Waals surface area (Å²) in [5, 5.41) is 0. The van der Waals surface area contributed by atoms with Crippen molar-refractivity contribution in [2.24, 2.45) is 11.5 Å². The molecule has 4 N–H and O–H groups in total. The third kappa shape index (κ3) is 5.17. The van der Waals surface area contributed by atoms with Crippen LogP contribution in [0.1, 0.15) is 33.3 Å². The topological polar surface area (TPSA) is 61.3 Å². The molecule has 1 aromatic carbocycles. The molecule has 0 fully saturated rings. The predicted molar refractivity (Wildman–Crippen MR) is 76.9 cm³/mol. The van der Waals surface area contributed by atoms with Crippen LogP contribution in [0.15, 0.2) is 42.0 Å². The Bertz CT molecular complexity index is 446. The van der Waals surface area contributed by atoms with Gasteiger partial charge < -0.3 is 4.74 Å². The Morgan fingerprint density at radius 3 is 2.06 bits per heavy atom. The highest BCUT2D eigenvalue weighted by atomic mass is 16.5. The normalized spacial score (nSPS) is 12.2. The number of ether oxygens (including phenoxy) is 1. The molecular weight excluding hydrogens is 224 g/mol. The number of benzene rings is 1. The molecule has 0 unspecified atom stereocenters. The maximum atomic E-state index is 5.58. The molecule has 0 aliphatic carbocycles. The number of hydrogen-bond acceptors (Lipinski definition) is 3. The zero-order chi connectivity index (χ0) is 13.8. The van der Waals surface area contributed by atoms with Gasteiger partial charge in [-0.1, -0.05) is 29.9 Å². The second-order valence-electron chi connectivity index (χ2n) is 4.90. The highest BCUT2D eigenvalue weighted by Gasteiger charge is 2.12. The van der Waals surface area contributed by atoms with Gasteiger partial charge in [-0.15, -0.1) is 0 Å². The number of rotatable bonds is 4. The molecule has 0 aromatic heterocycles. The summed E-state index contributed by atoms with van der Waals surface area (Å²) in [6.45, 7) is 7.83. The minimum absolute atomic E-state index is 0.668. The minimum Gasteiger partial charge on any atom is -0.460 e. The molecule has 0 saturated carbocycles. The minimum atomic E-state index is -1.14. The van der Waals surface area contributed by atoms with E-state index in [1.807, 2.05) is 24.3 Å². The van der Waals surface area contributed by atoms with E-state index in [9.17, 15) is 0 Å². The number of nitrogens with two attached hydrogens (primary N) is 2. The van der Waals surface area contributed by atoms with Crippen LogP contribution in [0.25, 0.3) is 5.57 Å². The summed E-state index contributed by atoms with van der Waals surface area (Å²) < 4.78 is 5.36. The molecule has 3 heteroatoms. The van der Waals surface area contributed by atoms with Crippen molar-refractivity contribution in [2.45, 2.75) is 33.5 Å². The third-order valence-corrected chi connectivity index (χ3v) is 2.31. The SMILES string of the molecule is CC(C)=C/C=C(\C)c1ccc(OC(C)(N)N)cc1. The van der Waals surface area contributed by atoms with Crippen LogP contribution >= 0.6 is 0 Å². The quantitative estimate of drug-likeness (QED) is 0.634. The molecule has 0 aliphatic heterocycles. The molecule has 0 aliphatic rings. The first kappa shape index (κ1) is 14.5. The summed E-state index contributed by atoms with van der Waals surface area (Å²) in [5.74, 6) is -0.477. The standard InChI is InChI=1S/C15H22N2O/c1-11(2)5-6-12(3)13-7-9-14(10-8-13)18-15(4,16)17/h5-10H,16-17H2,1-4H3/b12-6+. The van der Waals surface area contributed by atoms with Gasteiger partial charge in [-0.3, -0.25) is 11.5 Å². The van der Waals surface area contributed by atoms with E-state index in [-0.39, 0.29) is 0 Å². The predicted octanol–water partition coefficient (Wildman–Crippen LogP) is 3.03. The summed E-state index contributed by atoms with van der Waals surface area (Å²) in [4.78, 5) is 0. The Kier molecular flexibility index (Phi) is 4.70. The maximum Gasteiger partial charge on any atom is 0.209 e. The van der Waals surface area contributed by atoms with Crippen molar-refractivity contribution in [3.63, 3.8) is 0 Å². The van der Waals surface area contributed by atoms with E-state index in [2.05, 4.69) is 32.9 Å². The van der Waals surface area contributed by atoms with Gasteiger partial charge in [0.25, 0.3) is 0 Å². The summed E-state index contributed by atoms with van der Waals surface area (Å²) in [5.41, 5.74) is 14.8. The van der Waals surface area contributed by atoms with Gasteiger partial charge in [0.05, 0.1) is 0 Å². The van der Waals surface area contributed by atoms with Crippen LogP contribution in [0, 0.1) is 0 Å². The molecule has 0 spiro atoms. The van der Waals surface area contributed by atoms with Gasteiger partial charge >= 0.3 is 0 Å².